The van der Waals surface area contributed by atoms with Crippen LogP contribution in [-0.2, 0) is 0 Å². The first-order chi connectivity index (χ1) is 16.2. The molecule has 5 rings (SSSR count). The number of nitrogens with zero attached hydrogens (tertiary/aromatic N) is 1. The number of anilines is 1. The second-order valence-electron chi connectivity index (χ2n) is 8.57. The SMILES string of the molecule is O=C(Nc1ccc(-c2cc3cc(C(=O)NC4CCCCC4)ccc3[nH]2)cc1)c1cccnc1. The fraction of sp³-hybridized carbons (Fsp3) is 0.222. The Labute approximate surface area is 192 Å². The molecule has 1 fully saturated rings. The standard InChI is InChI=1S/C27H26N4O2/c32-26(29-22-6-2-1-3-7-22)19-10-13-24-21(15-19)16-25(31-24)18-8-11-23(12-9-18)30-27(33)20-5-4-14-28-17-20/h4-5,8-17,22,31H,1-3,6-7H2,(H,29,32)(H,30,33). The van der Waals surface area contributed by atoms with Crippen molar-refractivity contribution in [2.24, 2.45) is 0 Å². The van der Waals surface area contributed by atoms with Gasteiger partial charge < -0.3 is 15.6 Å². The van der Waals surface area contributed by atoms with E-state index in [1.165, 1.54) is 25.5 Å². The Bertz CT molecular complexity index is 1270. The van der Waals surface area contributed by atoms with Gasteiger partial charge in [0.1, 0.15) is 0 Å². The Hall–Kier alpha value is -3.93. The molecule has 0 bridgehead atoms. The molecule has 33 heavy (non-hydrogen) atoms. The third-order valence-electron chi connectivity index (χ3n) is 6.20. The maximum atomic E-state index is 12.7. The fourth-order valence-electron chi connectivity index (χ4n) is 4.38. The van der Waals surface area contributed by atoms with Crippen molar-refractivity contribution in [2.75, 3.05) is 5.32 Å². The van der Waals surface area contributed by atoms with E-state index in [1.54, 1.807) is 18.3 Å². The van der Waals surface area contributed by atoms with Gasteiger partial charge in [-0.15, -0.1) is 0 Å². The van der Waals surface area contributed by atoms with Gasteiger partial charge in [0.25, 0.3) is 11.8 Å². The summed E-state index contributed by atoms with van der Waals surface area (Å²) in [7, 11) is 0. The highest BCUT2D eigenvalue weighted by atomic mass is 16.2. The first kappa shape index (κ1) is 20.9. The number of nitrogens with one attached hydrogen (secondary N) is 3. The minimum Gasteiger partial charge on any atom is -0.355 e. The predicted octanol–water partition coefficient (Wildman–Crippen LogP) is 5.54. The highest BCUT2D eigenvalue weighted by molar-refractivity contribution is 6.04. The monoisotopic (exact) mass is 438 g/mol. The van der Waals surface area contributed by atoms with E-state index in [2.05, 4.69) is 26.7 Å². The molecule has 0 aliphatic heterocycles. The van der Waals surface area contributed by atoms with Crippen LogP contribution in [-0.4, -0.2) is 27.8 Å². The third kappa shape index (κ3) is 4.80. The average molecular weight is 439 g/mol. The Morgan fingerprint density at radius 3 is 2.45 bits per heavy atom. The molecular formula is C27H26N4O2. The number of amides is 2. The zero-order chi connectivity index (χ0) is 22.6. The highest BCUT2D eigenvalue weighted by Gasteiger charge is 2.17. The molecule has 0 unspecified atom stereocenters. The summed E-state index contributed by atoms with van der Waals surface area (Å²) in [4.78, 5) is 32.4. The van der Waals surface area contributed by atoms with Crippen LogP contribution in [0.25, 0.3) is 22.2 Å². The van der Waals surface area contributed by atoms with Crippen molar-refractivity contribution in [3.8, 4) is 11.3 Å². The summed E-state index contributed by atoms with van der Waals surface area (Å²) < 4.78 is 0. The molecule has 6 heteroatoms. The van der Waals surface area contributed by atoms with Crippen molar-refractivity contribution in [2.45, 2.75) is 38.1 Å². The number of H-pyrrole nitrogens is 1. The van der Waals surface area contributed by atoms with Gasteiger partial charge in [-0.25, -0.2) is 0 Å². The number of pyridine rings is 1. The third-order valence-corrected chi connectivity index (χ3v) is 6.20. The number of aromatic amines is 1. The van der Waals surface area contributed by atoms with Crippen molar-refractivity contribution in [3.63, 3.8) is 0 Å². The van der Waals surface area contributed by atoms with Gasteiger partial charge in [-0.2, -0.15) is 0 Å². The lowest BCUT2D eigenvalue weighted by atomic mass is 9.95. The summed E-state index contributed by atoms with van der Waals surface area (Å²) in [6.07, 6.45) is 8.97. The summed E-state index contributed by atoms with van der Waals surface area (Å²) in [5, 5.41) is 7.06. The molecule has 0 atom stereocenters. The Morgan fingerprint density at radius 2 is 1.70 bits per heavy atom. The van der Waals surface area contributed by atoms with Crippen LogP contribution in [0.4, 0.5) is 5.69 Å². The maximum absolute atomic E-state index is 12.7. The summed E-state index contributed by atoms with van der Waals surface area (Å²) in [6.45, 7) is 0. The van der Waals surface area contributed by atoms with Gasteiger partial charge in [0.05, 0.1) is 5.56 Å². The zero-order valence-corrected chi connectivity index (χ0v) is 18.3. The lowest BCUT2D eigenvalue weighted by molar-refractivity contribution is 0.0927. The molecule has 166 valence electrons. The van der Waals surface area contributed by atoms with Gasteiger partial charge in [0.15, 0.2) is 0 Å². The number of aromatic nitrogens is 2. The van der Waals surface area contributed by atoms with Gasteiger partial charge in [0, 0.05) is 46.3 Å². The van der Waals surface area contributed by atoms with Crippen molar-refractivity contribution in [3.05, 3.63) is 84.2 Å². The smallest absolute Gasteiger partial charge is 0.257 e. The maximum Gasteiger partial charge on any atom is 0.257 e. The molecule has 1 saturated carbocycles. The van der Waals surface area contributed by atoms with E-state index in [1.807, 2.05) is 42.5 Å². The van der Waals surface area contributed by atoms with E-state index in [4.69, 9.17) is 0 Å². The number of fused-ring (bicyclic) bond motifs is 1. The largest absolute Gasteiger partial charge is 0.355 e. The first-order valence-electron chi connectivity index (χ1n) is 11.4. The van der Waals surface area contributed by atoms with Gasteiger partial charge in [-0.05, 0) is 66.9 Å². The highest BCUT2D eigenvalue weighted by Crippen LogP contribution is 2.26. The lowest BCUT2D eigenvalue weighted by Gasteiger charge is -2.22. The van der Waals surface area contributed by atoms with E-state index in [9.17, 15) is 9.59 Å². The molecule has 1 aliphatic rings. The van der Waals surface area contributed by atoms with Gasteiger partial charge in [-0.3, -0.25) is 14.6 Å². The van der Waals surface area contributed by atoms with Crippen LogP contribution in [0.2, 0.25) is 0 Å². The van der Waals surface area contributed by atoms with E-state index in [-0.39, 0.29) is 11.8 Å². The average Bonchev–Trinajstić information content (AvgIpc) is 3.29. The minimum absolute atomic E-state index is 0.000241. The molecule has 0 radical (unpaired) electrons. The molecule has 1 aliphatic carbocycles. The Kier molecular flexibility index (Phi) is 5.89. The van der Waals surface area contributed by atoms with Crippen molar-refractivity contribution in [1.29, 1.82) is 0 Å². The molecule has 0 saturated heterocycles. The number of rotatable bonds is 5. The number of hydrogen-bond acceptors (Lipinski definition) is 3. The topological polar surface area (TPSA) is 86.9 Å². The van der Waals surface area contributed by atoms with Crippen LogP contribution < -0.4 is 10.6 Å². The Balaban J connectivity index is 1.29. The Morgan fingerprint density at radius 1 is 0.879 bits per heavy atom. The quantitative estimate of drug-likeness (QED) is 0.382. The fourth-order valence-corrected chi connectivity index (χ4v) is 4.38. The van der Waals surface area contributed by atoms with Crippen LogP contribution in [0, 0.1) is 0 Å². The molecule has 4 aromatic rings. The molecule has 2 aromatic carbocycles. The second-order valence-corrected chi connectivity index (χ2v) is 8.57. The summed E-state index contributed by atoms with van der Waals surface area (Å²) in [6, 6.07) is 19.2. The zero-order valence-electron chi connectivity index (χ0n) is 18.3. The molecule has 3 N–H and O–H groups in total. The van der Waals surface area contributed by atoms with Crippen LogP contribution in [0.3, 0.4) is 0 Å². The van der Waals surface area contributed by atoms with Gasteiger partial charge in [-0.1, -0.05) is 31.4 Å². The minimum atomic E-state index is -0.194. The normalized spacial score (nSPS) is 14.2. The van der Waals surface area contributed by atoms with E-state index in [0.29, 0.717) is 22.9 Å². The van der Waals surface area contributed by atoms with Crippen LogP contribution in [0.5, 0.6) is 0 Å². The van der Waals surface area contributed by atoms with Crippen molar-refractivity contribution < 1.29 is 9.59 Å². The van der Waals surface area contributed by atoms with Crippen molar-refractivity contribution in [1.82, 2.24) is 15.3 Å². The first-order valence-corrected chi connectivity index (χ1v) is 11.4. The van der Waals surface area contributed by atoms with E-state index in [0.717, 1.165) is 35.0 Å². The number of benzene rings is 2. The summed E-state index contributed by atoms with van der Waals surface area (Å²) in [5.41, 5.74) is 4.85. The molecule has 2 heterocycles. The van der Waals surface area contributed by atoms with Crippen LogP contribution in [0.1, 0.15) is 52.8 Å². The van der Waals surface area contributed by atoms with Crippen LogP contribution >= 0.6 is 0 Å². The molecular weight excluding hydrogens is 412 g/mol. The van der Waals surface area contributed by atoms with Crippen molar-refractivity contribution >= 4 is 28.4 Å². The number of carbonyl (C=O) groups excluding carboxylic acids is 2. The van der Waals surface area contributed by atoms with E-state index >= 15 is 0 Å². The summed E-state index contributed by atoms with van der Waals surface area (Å²) >= 11 is 0. The number of hydrogen-bond donors (Lipinski definition) is 3. The second kappa shape index (κ2) is 9.28. The van der Waals surface area contributed by atoms with Gasteiger partial charge >= 0.3 is 0 Å². The lowest BCUT2D eigenvalue weighted by Crippen LogP contribution is -2.36. The van der Waals surface area contributed by atoms with Gasteiger partial charge in [0.2, 0.25) is 0 Å². The van der Waals surface area contributed by atoms with Crippen LogP contribution in [0.15, 0.2) is 73.1 Å². The summed E-state index contributed by atoms with van der Waals surface area (Å²) in [5.74, 6) is -0.194. The molecule has 6 nitrogen and oxygen atoms in total. The predicted molar refractivity (Wildman–Crippen MR) is 130 cm³/mol. The number of carbonyl (C=O) groups is 2. The van der Waals surface area contributed by atoms with E-state index < -0.39 is 0 Å². The molecule has 2 aromatic heterocycles. The molecule has 2 amide bonds. The molecule has 0 spiro atoms.